The van der Waals surface area contributed by atoms with E-state index in [-0.39, 0.29) is 0 Å². The molecular formula is C14H15BrClNS. The first-order valence-electron chi connectivity index (χ1n) is 5.82. The Bertz CT molecular complexity index is 536. The number of nitrogens with one attached hydrogen (secondary N) is 1. The molecule has 0 aliphatic rings. The zero-order chi connectivity index (χ0) is 13.1. The second kappa shape index (κ2) is 6.20. The second-order valence-electron chi connectivity index (χ2n) is 4.47. The molecule has 0 radical (unpaired) electrons. The normalized spacial score (nSPS) is 11.2. The monoisotopic (exact) mass is 343 g/mol. The standard InChI is InChI=1S/C14H15BrClNS/c1-9(2)17-6-10-3-4-11(16)5-12(10)13-7-18-8-14(13)15/h3-5,7-9,17H,6H2,1-2H3. The summed E-state index contributed by atoms with van der Waals surface area (Å²) in [7, 11) is 0. The van der Waals surface area contributed by atoms with Gasteiger partial charge in [0.25, 0.3) is 0 Å². The summed E-state index contributed by atoms with van der Waals surface area (Å²) in [4.78, 5) is 0. The van der Waals surface area contributed by atoms with Crippen LogP contribution in [-0.2, 0) is 6.54 Å². The highest BCUT2D eigenvalue weighted by molar-refractivity contribution is 9.10. The Labute approximate surface area is 125 Å². The Morgan fingerprint density at radius 2 is 2.06 bits per heavy atom. The van der Waals surface area contributed by atoms with Gasteiger partial charge in [0.1, 0.15) is 0 Å². The Morgan fingerprint density at radius 1 is 1.28 bits per heavy atom. The first-order valence-corrected chi connectivity index (χ1v) is 7.93. The molecule has 0 spiro atoms. The van der Waals surface area contributed by atoms with Gasteiger partial charge < -0.3 is 5.32 Å². The zero-order valence-corrected chi connectivity index (χ0v) is 13.5. The molecule has 0 saturated heterocycles. The van der Waals surface area contributed by atoms with Crippen LogP contribution in [0.2, 0.25) is 5.02 Å². The Kier molecular flexibility index (Phi) is 4.84. The predicted molar refractivity (Wildman–Crippen MR) is 84.4 cm³/mol. The van der Waals surface area contributed by atoms with Crippen molar-refractivity contribution in [1.82, 2.24) is 5.32 Å². The number of halogens is 2. The first-order chi connectivity index (χ1) is 8.58. The van der Waals surface area contributed by atoms with Crippen LogP contribution in [-0.4, -0.2) is 6.04 Å². The minimum atomic E-state index is 0.472. The predicted octanol–water partition coefficient (Wildman–Crippen LogP) is 5.33. The lowest BCUT2D eigenvalue weighted by Gasteiger charge is -2.13. The zero-order valence-electron chi connectivity index (χ0n) is 10.3. The average Bonchev–Trinajstić information content (AvgIpc) is 2.73. The quantitative estimate of drug-likeness (QED) is 0.790. The molecule has 0 aliphatic heterocycles. The molecule has 18 heavy (non-hydrogen) atoms. The number of benzene rings is 1. The first kappa shape index (κ1) is 14.1. The molecule has 96 valence electrons. The van der Waals surface area contributed by atoms with E-state index in [1.54, 1.807) is 11.3 Å². The highest BCUT2D eigenvalue weighted by atomic mass is 79.9. The summed E-state index contributed by atoms with van der Waals surface area (Å²) in [5.41, 5.74) is 3.68. The molecule has 0 atom stereocenters. The third-order valence-electron chi connectivity index (χ3n) is 2.68. The number of hydrogen-bond acceptors (Lipinski definition) is 2. The molecule has 0 bridgehead atoms. The van der Waals surface area contributed by atoms with E-state index in [1.807, 2.05) is 12.1 Å². The maximum absolute atomic E-state index is 6.12. The van der Waals surface area contributed by atoms with Crippen molar-refractivity contribution in [1.29, 1.82) is 0 Å². The van der Waals surface area contributed by atoms with E-state index in [2.05, 4.69) is 51.9 Å². The number of hydrogen-bond donors (Lipinski definition) is 1. The molecule has 1 aromatic carbocycles. The second-order valence-corrected chi connectivity index (χ2v) is 6.50. The van der Waals surface area contributed by atoms with Crippen molar-refractivity contribution < 1.29 is 0 Å². The summed E-state index contributed by atoms with van der Waals surface area (Å²) in [6, 6.07) is 6.55. The van der Waals surface area contributed by atoms with Gasteiger partial charge in [-0.15, -0.1) is 0 Å². The van der Waals surface area contributed by atoms with Gasteiger partial charge in [-0.25, -0.2) is 0 Å². The fourth-order valence-electron chi connectivity index (χ4n) is 1.74. The molecule has 0 unspecified atom stereocenters. The van der Waals surface area contributed by atoms with E-state index in [4.69, 9.17) is 11.6 Å². The molecule has 1 heterocycles. The summed E-state index contributed by atoms with van der Waals surface area (Å²) < 4.78 is 1.13. The summed E-state index contributed by atoms with van der Waals surface area (Å²) in [6.45, 7) is 5.15. The van der Waals surface area contributed by atoms with Crippen LogP contribution in [0, 0.1) is 0 Å². The lowest BCUT2D eigenvalue weighted by atomic mass is 10.0. The van der Waals surface area contributed by atoms with Gasteiger partial charge in [0.05, 0.1) is 0 Å². The SMILES string of the molecule is CC(C)NCc1ccc(Cl)cc1-c1cscc1Br. The van der Waals surface area contributed by atoms with Crippen LogP contribution >= 0.6 is 38.9 Å². The highest BCUT2D eigenvalue weighted by Crippen LogP contribution is 2.35. The third-order valence-corrected chi connectivity index (χ3v) is 4.62. The van der Waals surface area contributed by atoms with Crippen LogP contribution < -0.4 is 5.32 Å². The van der Waals surface area contributed by atoms with Gasteiger partial charge in [-0.2, -0.15) is 11.3 Å². The van der Waals surface area contributed by atoms with Crippen molar-refractivity contribution >= 4 is 38.9 Å². The lowest BCUT2D eigenvalue weighted by Crippen LogP contribution is -2.22. The fourth-order valence-corrected chi connectivity index (χ4v) is 3.42. The van der Waals surface area contributed by atoms with Gasteiger partial charge in [0.2, 0.25) is 0 Å². The van der Waals surface area contributed by atoms with Crippen LogP contribution in [0.3, 0.4) is 0 Å². The fraction of sp³-hybridized carbons (Fsp3) is 0.286. The van der Waals surface area contributed by atoms with Crippen LogP contribution in [0.1, 0.15) is 19.4 Å². The van der Waals surface area contributed by atoms with Crippen molar-refractivity contribution in [2.75, 3.05) is 0 Å². The molecular weight excluding hydrogens is 330 g/mol. The molecule has 2 rings (SSSR count). The lowest BCUT2D eigenvalue weighted by molar-refractivity contribution is 0.589. The summed E-state index contributed by atoms with van der Waals surface area (Å²) >= 11 is 11.4. The van der Waals surface area contributed by atoms with E-state index in [0.29, 0.717) is 6.04 Å². The highest BCUT2D eigenvalue weighted by Gasteiger charge is 2.10. The summed E-state index contributed by atoms with van der Waals surface area (Å²) in [5, 5.41) is 8.46. The van der Waals surface area contributed by atoms with Crippen LogP contribution in [0.5, 0.6) is 0 Å². The van der Waals surface area contributed by atoms with E-state index >= 15 is 0 Å². The Hall–Kier alpha value is -0.350. The van der Waals surface area contributed by atoms with Crippen molar-refractivity contribution in [3.63, 3.8) is 0 Å². The Morgan fingerprint density at radius 3 is 2.67 bits per heavy atom. The summed E-state index contributed by atoms with van der Waals surface area (Å²) in [6.07, 6.45) is 0. The van der Waals surface area contributed by atoms with Gasteiger partial charge in [0.15, 0.2) is 0 Å². The van der Waals surface area contributed by atoms with E-state index < -0.39 is 0 Å². The largest absolute Gasteiger partial charge is 0.310 e. The molecule has 0 aliphatic carbocycles. The molecule has 1 aromatic heterocycles. The molecule has 4 heteroatoms. The molecule has 2 aromatic rings. The van der Waals surface area contributed by atoms with Crippen LogP contribution in [0.15, 0.2) is 33.4 Å². The average molecular weight is 345 g/mol. The van der Waals surface area contributed by atoms with Crippen molar-refractivity contribution in [2.45, 2.75) is 26.4 Å². The van der Waals surface area contributed by atoms with E-state index in [0.717, 1.165) is 16.0 Å². The topological polar surface area (TPSA) is 12.0 Å². The van der Waals surface area contributed by atoms with Gasteiger partial charge in [-0.05, 0) is 44.6 Å². The number of thiophene rings is 1. The van der Waals surface area contributed by atoms with Gasteiger partial charge in [-0.1, -0.05) is 31.5 Å². The molecule has 0 amide bonds. The molecule has 1 N–H and O–H groups in total. The molecule has 0 saturated carbocycles. The van der Waals surface area contributed by atoms with Crippen molar-refractivity contribution in [3.8, 4) is 11.1 Å². The van der Waals surface area contributed by atoms with E-state index in [9.17, 15) is 0 Å². The van der Waals surface area contributed by atoms with Crippen LogP contribution in [0.25, 0.3) is 11.1 Å². The van der Waals surface area contributed by atoms with Crippen molar-refractivity contribution in [2.24, 2.45) is 0 Å². The van der Waals surface area contributed by atoms with Gasteiger partial charge in [0, 0.05) is 33.0 Å². The minimum absolute atomic E-state index is 0.472. The van der Waals surface area contributed by atoms with Gasteiger partial charge in [-0.3, -0.25) is 0 Å². The summed E-state index contributed by atoms with van der Waals surface area (Å²) in [5.74, 6) is 0. The van der Waals surface area contributed by atoms with Crippen molar-refractivity contribution in [3.05, 3.63) is 44.0 Å². The minimum Gasteiger partial charge on any atom is -0.310 e. The van der Waals surface area contributed by atoms with Crippen LogP contribution in [0.4, 0.5) is 0 Å². The molecule has 1 nitrogen and oxygen atoms in total. The Balaban J connectivity index is 2.38. The third kappa shape index (κ3) is 3.35. The maximum atomic E-state index is 6.12. The van der Waals surface area contributed by atoms with E-state index in [1.165, 1.54) is 16.7 Å². The molecule has 0 fully saturated rings. The number of rotatable bonds is 4. The maximum Gasteiger partial charge on any atom is 0.0412 e. The smallest absolute Gasteiger partial charge is 0.0412 e. The van der Waals surface area contributed by atoms with Gasteiger partial charge >= 0.3 is 0 Å².